The molecule has 0 amide bonds. The monoisotopic (exact) mass is 339 g/mol. The Balaban J connectivity index is 2.94. The Morgan fingerprint density at radius 1 is 1.50 bits per heavy atom. The maximum Gasteiger partial charge on any atom is 0.0843 e. The van der Waals surface area contributed by atoms with E-state index in [2.05, 4.69) is 58.7 Å². The second-order valence-electron chi connectivity index (χ2n) is 4.09. The molecular weight excluding hydrogens is 326 g/mol. The summed E-state index contributed by atoms with van der Waals surface area (Å²) in [6.07, 6.45) is 1.08. The lowest BCUT2D eigenvalue weighted by atomic mass is 9.82. The third-order valence-corrected chi connectivity index (χ3v) is 6.06. The molecule has 0 bridgehead atoms. The highest BCUT2D eigenvalue weighted by atomic mass is 79.9. The van der Waals surface area contributed by atoms with E-state index in [-0.39, 0.29) is 11.5 Å². The molecule has 0 radical (unpaired) electrons. The van der Waals surface area contributed by atoms with Gasteiger partial charge in [0.15, 0.2) is 0 Å². The van der Waals surface area contributed by atoms with Crippen molar-refractivity contribution < 1.29 is 0 Å². The second-order valence-corrected chi connectivity index (χ2v) is 7.35. The van der Waals surface area contributed by atoms with Gasteiger partial charge in [-0.15, -0.1) is 11.3 Å². The summed E-state index contributed by atoms with van der Waals surface area (Å²) in [7, 11) is 0. The van der Waals surface area contributed by atoms with Gasteiger partial charge in [0.2, 0.25) is 0 Å². The highest BCUT2D eigenvalue weighted by molar-refractivity contribution is 9.13. The number of thiophene rings is 1. The molecule has 80 valence electrons. The molecule has 0 aromatic carbocycles. The summed E-state index contributed by atoms with van der Waals surface area (Å²) < 4.78 is 2.22. The number of rotatable bonds is 3. The van der Waals surface area contributed by atoms with Crippen LogP contribution < -0.4 is 5.73 Å². The Bertz CT molecular complexity index is 300. The van der Waals surface area contributed by atoms with Crippen molar-refractivity contribution in [1.29, 1.82) is 0 Å². The van der Waals surface area contributed by atoms with Crippen molar-refractivity contribution in [3.8, 4) is 0 Å². The lowest BCUT2D eigenvalue weighted by molar-refractivity contribution is 0.281. The largest absolute Gasteiger partial charge is 0.323 e. The first-order valence-corrected chi connectivity index (χ1v) is 6.99. The van der Waals surface area contributed by atoms with E-state index in [1.165, 1.54) is 4.88 Å². The predicted molar refractivity (Wildman–Crippen MR) is 70.7 cm³/mol. The Labute approximate surface area is 106 Å². The molecule has 1 heterocycles. The van der Waals surface area contributed by atoms with Crippen LogP contribution in [0.25, 0.3) is 0 Å². The van der Waals surface area contributed by atoms with E-state index in [1.54, 1.807) is 11.3 Å². The molecular formula is C10H15Br2NS. The van der Waals surface area contributed by atoms with Crippen LogP contribution in [0.1, 0.15) is 38.1 Å². The number of hydrogen-bond donors (Lipinski definition) is 1. The van der Waals surface area contributed by atoms with E-state index < -0.39 is 0 Å². The lowest BCUT2D eigenvalue weighted by Gasteiger charge is -2.29. The zero-order valence-electron chi connectivity index (χ0n) is 8.60. The molecule has 0 aliphatic rings. The van der Waals surface area contributed by atoms with E-state index in [4.69, 9.17) is 5.73 Å². The molecule has 0 saturated heterocycles. The van der Waals surface area contributed by atoms with Gasteiger partial charge in [0.05, 0.1) is 3.79 Å². The van der Waals surface area contributed by atoms with E-state index in [0.717, 1.165) is 14.7 Å². The van der Waals surface area contributed by atoms with Crippen molar-refractivity contribution >= 4 is 43.2 Å². The van der Waals surface area contributed by atoms with Crippen LogP contribution in [-0.4, -0.2) is 0 Å². The molecule has 14 heavy (non-hydrogen) atoms. The highest BCUT2D eigenvalue weighted by Gasteiger charge is 2.27. The average Bonchev–Trinajstić information content (AvgIpc) is 2.45. The maximum atomic E-state index is 6.23. The van der Waals surface area contributed by atoms with Gasteiger partial charge in [-0.05, 0) is 49.8 Å². The molecule has 0 aliphatic heterocycles. The Morgan fingerprint density at radius 3 is 2.43 bits per heavy atom. The summed E-state index contributed by atoms with van der Waals surface area (Å²) in [5.74, 6) is 0. The van der Waals surface area contributed by atoms with Gasteiger partial charge in [0.1, 0.15) is 0 Å². The van der Waals surface area contributed by atoms with E-state index >= 15 is 0 Å². The smallest absolute Gasteiger partial charge is 0.0843 e. The van der Waals surface area contributed by atoms with Crippen LogP contribution in [0.2, 0.25) is 0 Å². The van der Waals surface area contributed by atoms with Crippen molar-refractivity contribution in [2.24, 2.45) is 11.1 Å². The van der Waals surface area contributed by atoms with Gasteiger partial charge in [0, 0.05) is 15.4 Å². The molecule has 1 aromatic rings. The van der Waals surface area contributed by atoms with Crippen LogP contribution in [-0.2, 0) is 0 Å². The third kappa shape index (κ3) is 2.60. The fourth-order valence-electron chi connectivity index (χ4n) is 1.12. The molecule has 0 aliphatic carbocycles. The third-order valence-electron chi connectivity index (χ3n) is 2.72. The van der Waals surface area contributed by atoms with Crippen LogP contribution in [0.4, 0.5) is 0 Å². The molecule has 1 aromatic heterocycles. The van der Waals surface area contributed by atoms with Crippen molar-refractivity contribution in [2.75, 3.05) is 0 Å². The van der Waals surface area contributed by atoms with Crippen LogP contribution in [0.5, 0.6) is 0 Å². The number of nitrogens with two attached hydrogens (primary N) is 1. The molecule has 0 spiro atoms. The van der Waals surface area contributed by atoms with Crippen molar-refractivity contribution in [2.45, 2.75) is 33.2 Å². The van der Waals surface area contributed by atoms with Crippen LogP contribution in [0, 0.1) is 5.41 Å². The van der Waals surface area contributed by atoms with Crippen molar-refractivity contribution in [1.82, 2.24) is 0 Å². The van der Waals surface area contributed by atoms with Gasteiger partial charge in [-0.3, -0.25) is 0 Å². The Hall–Kier alpha value is 0.620. The molecule has 1 rings (SSSR count). The molecule has 1 unspecified atom stereocenters. The van der Waals surface area contributed by atoms with Gasteiger partial charge < -0.3 is 5.73 Å². The molecule has 1 nitrogen and oxygen atoms in total. The van der Waals surface area contributed by atoms with E-state index in [9.17, 15) is 0 Å². The van der Waals surface area contributed by atoms with Gasteiger partial charge >= 0.3 is 0 Å². The molecule has 0 fully saturated rings. The summed E-state index contributed by atoms with van der Waals surface area (Å²) in [6.45, 7) is 6.59. The lowest BCUT2D eigenvalue weighted by Crippen LogP contribution is -2.27. The fraction of sp³-hybridized carbons (Fsp3) is 0.600. The summed E-state index contributed by atoms with van der Waals surface area (Å²) in [4.78, 5) is 1.23. The quantitative estimate of drug-likeness (QED) is 0.847. The summed E-state index contributed by atoms with van der Waals surface area (Å²) in [5.41, 5.74) is 6.39. The van der Waals surface area contributed by atoms with E-state index in [1.807, 2.05) is 0 Å². The van der Waals surface area contributed by atoms with Crippen molar-refractivity contribution in [3.63, 3.8) is 0 Å². The van der Waals surface area contributed by atoms with Crippen LogP contribution >= 0.6 is 43.2 Å². The maximum absolute atomic E-state index is 6.23. The van der Waals surface area contributed by atoms with Gasteiger partial charge in [-0.25, -0.2) is 0 Å². The zero-order valence-corrected chi connectivity index (χ0v) is 12.6. The molecule has 2 N–H and O–H groups in total. The minimum Gasteiger partial charge on any atom is -0.323 e. The molecule has 0 saturated carbocycles. The van der Waals surface area contributed by atoms with Crippen molar-refractivity contribution in [3.05, 3.63) is 19.2 Å². The Kier molecular flexibility index (Phi) is 4.21. The SMILES string of the molecule is CCC(C)(C)C(N)c1cc(Br)c(Br)s1. The first kappa shape index (κ1) is 12.7. The highest BCUT2D eigenvalue weighted by Crippen LogP contribution is 2.41. The second kappa shape index (κ2) is 4.64. The Morgan fingerprint density at radius 2 is 2.07 bits per heavy atom. The summed E-state index contributed by atoms with van der Waals surface area (Å²) >= 11 is 8.68. The minimum absolute atomic E-state index is 0.111. The summed E-state index contributed by atoms with van der Waals surface area (Å²) in [5, 5.41) is 0. The first-order chi connectivity index (χ1) is 6.38. The van der Waals surface area contributed by atoms with Gasteiger partial charge in [-0.1, -0.05) is 20.8 Å². The van der Waals surface area contributed by atoms with Crippen LogP contribution in [0.15, 0.2) is 14.3 Å². The molecule has 4 heteroatoms. The normalized spacial score (nSPS) is 14.4. The topological polar surface area (TPSA) is 26.0 Å². The predicted octanol–water partition coefficient (Wildman–Crippen LogP) is 4.71. The zero-order chi connectivity index (χ0) is 10.9. The number of hydrogen-bond acceptors (Lipinski definition) is 2. The number of halogens is 2. The minimum atomic E-state index is 0.111. The fourth-order valence-corrected chi connectivity index (χ4v) is 3.42. The average molecular weight is 341 g/mol. The standard InChI is InChI=1S/C10H15Br2NS/c1-4-10(2,3)8(13)7-5-6(11)9(12)14-7/h5,8H,4,13H2,1-3H3. The molecule has 1 atom stereocenters. The first-order valence-electron chi connectivity index (χ1n) is 4.58. The van der Waals surface area contributed by atoms with E-state index in [0.29, 0.717) is 0 Å². The van der Waals surface area contributed by atoms with Gasteiger partial charge in [0.25, 0.3) is 0 Å². The van der Waals surface area contributed by atoms with Crippen LogP contribution in [0.3, 0.4) is 0 Å². The summed E-state index contributed by atoms with van der Waals surface area (Å²) in [6, 6.07) is 2.22. The van der Waals surface area contributed by atoms with Gasteiger partial charge in [-0.2, -0.15) is 0 Å².